The maximum Gasteiger partial charge on any atom is 0.289 e. The highest BCUT2D eigenvalue weighted by atomic mass is 16.5. The van der Waals surface area contributed by atoms with E-state index in [1.807, 2.05) is 18.2 Å². The molecule has 8 nitrogen and oxygen atoms in total. The number of nitrogens with one attached hydrogen (secondary N) is 2. The molecule has 0 radical (unpaired) electrons. The highest BCUT2D eigenvalue weighted by Gasteiger charge is 2.24. The van der Waals surface area contributed by atoms with Gasteiger partial charge in [-0.2, -0.15) is 4.91 Å². The van der Waals surface area contributed by atoms with Crippen LogP contribution < -0.4 is 10.6 Å². The topological polar surface area (TPSA) is 106 Å². The van der Waals surface area contributed by atoms with Crippen molar-refractivity contribution in [3.05, 3.63) is 58.5 Å². The quantitative estimate of drug-likeness (QED) is 0.478. The normalized spacial score (nSPS) is 15.4. The number of ether oxygens (including phenoxy) is 1. The van der Waals surface area contributed by atoms with Gasteiger partial charge in [-0.3, -0.25) is 9.78 Å². The van der Waals surface area contributed by atoms with Gasteiger partial charge in [-0.05, 0) is 42.2 Å². The van der Waals surface area contributed by atoms with Gasteiger partial charge in [0.2, 0.25) is 5.76 Å². The molecule has 0 saturated heterocycles. The Labute approximate surface area is 161 Å². The van der Waals surface area contributed by atoms with Gasteiger partial charge in [-0.15, -0.1) is 0 Å². The Morgan fingerprint density at radius 3 is 3.11 bits per heavy atom. The molecule has 1 atom stereocenters. The smallest absolute Gasteiger partial charge is 0.289 e. The zero-order valence-corrected chi connectivity index (χ0v) is 15.4. The third kappa shape index (κ3) is 3.34. The molecule has 0 spiro atoms. The van der Waals surface area contributed by atoms with E-state index in [9.17, 15) is 9.70 Å². The third-order valence-corrected chi connectivity index (χ3v) is 4.88. The average molecular weight is 380 g/mol. The lowest BCUT2D eigenvalue weighted by molar-refractivity contribution is 0.0913. The number of hydrogen-bond acceptors (Lipinski definition) is 7. The number of benzene rings is 1. The van der Waals surface area contributed by atoms with Gasteiger partial charge in [0.1, 0.15) is 6.04 Å². The maximum absolute atomic E-state index is 12.6. The van der Waals surface area contributed by atoms with Crippen molar-refractivity contribution in [2.75, 3.05) is 25.6 Å². The second kappa shape index (κ2) is 7.77. The Bertz CT molecular complexity index is 1030. The van der Waals surface area contributed by atoms with E-state index in [1.54, 1.807) is 25.6 Å². The molecule has 1 unspecified atom stereocenters. The van der Waals surface area contributed by atoms with Gasteiger partial charge >= 0.3 is 0 Å². The van der Waals surface area contributed by atoms with Crippen LogP contribution in [-0.2, 0) is 11.2 Å². The minimum absolute atomic E-state index is 0.187. The second-order valence-corrected chi connectivity index (χ2v) is 6.63. The van der Waals surface area contributed by atoms with E-state index >= 15 is 0 Å². The maximum atomic E-state index is 12.6. The number of amides is 1. The van der Waals surface area contributed by atoms with Crippen molar-refractivity contribution in [2.24, 2.45) is 5.18 Å². The molecule has 1 amide bonds. The number of nitroso groups, excluding NO2 is 1. The minimum Gasteiger partial charge on any atom is -0.447 e. The number of methoxy groups -OCH3 is 1. The van der Waals surface area contributed by atoms with Crippen LogP contribution in [0, 0.1) is 4.91 Å². The van der Waals surface area contributed by atoms with Crippen molar-refractivity contribution in [1.29, 1.82) is 0 Å². The summed E-state index contributed by atoms with van der Waals surface area (Å²) in [6.45, 7) is 0.788. The number of anilines is 2. The molecular weight excluding hydrogens is 360 g/mol. The second-order valence-electron chi connectivity index (χ2n) is 6.63. The van der Waals surface area contributed by atoms with Gasteiger partial charge in [0.25, 0.3) is 5.91 Å². The van der Waals surface area contributed by atoms with E-state index in [0.29, 0.717) is 24.4 Å². The van der Waals surface area contributed by atoms with Gasteiger partial charge in [-0.1, -0.05) is 11.2 Å². The number of rotatable bonds is 7. The Morgan fingerprint density at radius 2 is 2.29 bits per heavy atom. The highest BCUT2D eigenvalue weighted by Crippen LogP contribution is 2.37. The lowest BCUT2D eigenvalue weighted by Crippen LogP contribution is -2.27. The first-order chi connectivity index (χ1) is 13.7. The Hall–Kier alpha value is -3.26. The van der Waals surface area contributed by atoms with E-state index in [1.165, 1.54) is 0 Å². The molecule has 1 aliphatic rings. The van der Waals surface area contributed by atoms with E-state index in [2.05, 4.69) is 20.8 Å². The lowest BCUT2D eigenvalue weighted by Gasteiger charge is -2.10. The summed E-state index contributed by atoms with van der Waals surface area (Å²) in [6, 6.07) is 7.32. The fraction of sp³-hybridized carbons (Fsp3) is 0.300. The number of carbonyl (C=O) groups is 1. The van der Waals surface area contributed by atoms with Gasteiger partial charge in [0, 0.05) is 30.9 Å². The molecule has 4 rings (SSSR count). The van der Waals surface area contributed by atoms with Crippen LogP contribution in [0.4, 0.5) is 11.4 Å². The van der Waals surface area contributed by atoms with Crippen LogP contribution in [0.15, 0.2) is 46.3 Å². The van der Waals surface area contributed by atoms with E-state index in [-0.39, 0.29) is 17.7 Å². The summed E-state index contributed by atoms with van der Waals surface area (Å²) in [5.41, 5.74) is 3.98. The van der Waals surface area contributed by atoms with Crippen molar-refractivity contribution < 1.29 is 13.9 Å². The predicted octanol–water partition coefficient (Wildman–Crippen LogP) is 3.70. The summed E-state index contributed by atoms with van der Waals surface area (Å²) in [6.07, 6.45) is 4.77. The fourth-order valence-electron chi connectivity index (χ4n) is 3.51. The molecule has 0 aliphatic heterocycles. The summed E-state index contributed by atoms with van der Waals surface area (Å²) in [5, 5.41) is 10.0. The van der Waals surface area contributed by atoms with Gasteiger partial charge in [0.15, 0.2) is 5.58 Å². The number of aryl methyl sites for hydroxylation is 1. The molecule has 144 valence electrons. The van der Waals surface area contributed by atoms with Crippen LogP contribution in [0.25, 0.3) is 11.0 Å². The summed E-state index contributed by atoms with van der Waals surface area (Å²) in [4.78, 5) is 27.6. The van der Waals surface area contributed by atoms with Crippen molar-refractivity contribution in [1.82, 2.24) is 10.3 Å². The van der Waals surface area contributed by atoms with Gasteiger partial charge in [0.05, 0.1) is 18.5 Å². The van der Waals surface area contributed by atoms with E-state index in [4.69, 9.17) is 9.15 Å². The molecule has 8 heteroatoms. The highest BCUT2D eigenvalue weighted by molar-refractivity contribution is 6.07. The number of hydrogen-bond donors (Lipinski definition) is 2. The first kappa shape index (κ1) is 18.1. The molecule has 0 fully saturated rings. The number of pyridine rings is 1. The predicted molar refractivity (Wildman–Crippen MR) is 105 cm³/mol. The molecule has 0 saturated carbocycles. The summed E-state index contributed by atoms with van der Waals surface area (Å²) >= 11 is 0. The number of carbonyl (C=O) groups excluding carboxylic acids is 1. The van der Waals surface area contributed by atoms with Crippen molar-refractivity contribution in [2.45, 2.75) is 18.9 Å². The lowest BCUT2D eigenvalue weighted by atomic mass is 10.1. The van der Waals surface area contributed by atoms with Crippen molar-refractivity contribution in [3.63, 3.8) is 0 Å². The summed E-state index contributed by atoms with van der Waals surface area (Å²) in [7, 11) is 1.57. The molecule has 2 heterocycles. The van der Waals surface area contributed by atoms with Crippen LogP contribution >= 0.6 is 0 Å². The van der Waals surface area contributed by atoms with Crippen LogP contribution in [0.3, 0.4) is 0 Å². The molecule has 0 bridgehead atoms. The number of fused-ring (bicyclic) bond motifs is 2. The molecule has 2 N–H and O–H groups in total. The zero-order valence-electron chi connectivity index (χ0n) is 15.4. The largest absolute Gasteiger partial charge is 0.447 e. The third-order valence-electron chi connectivity index (χ3n) is 4.88. The van der Waals surface area contributed by atoms with Crippen molar-refractivity contribution >= 4 is 28.3 Å². The van der Waals surface area contributed by atoms with E-state index in [0.717, 1.165) is 35.0 Å². The Kier molecular flexibility index (Phi) is 5.03. The van der Waals surface area contributed by atoms with Crippen LogP contribution in [-0.4, -0.2) is 31.2 Å². The van der Waals surface area contributed by atoms with E-state index < -0.39 is 0 Å². The Balaban J connectivity index is 1.67. The minimum atomic E-state index is -0.331. The average Bonchev–Trinajstić information content (AvgIpc) is 3.29. The molecule has 28 heavy (non-hydrogen) atoms. The van der Waals surface area contributed by atoms with Gasteiger partial charge in [-0.25, -0.2) is 0 Å². The number of furan rings is 1. The summed E-state index contributed by atoms with van der Waals surface area (Å²) < 4.78 is 10.7. The molecular formula is C20H20N4O4. The fourth-order valence-corrected chi connectivity index (χ4v) is 3.51. The van der Waals surface area contributed by atoms with Crippen LogP contribution in [0.1, 0.15) is 34.1 Å². The summed E-state index contributed by atoms with van der Waals surface area (Å²) in [5.74, 6) is -0.144. The monoisotopic (exact) mass is 380 g/mol. The standard InChI is InChI=1S/C20H20N4O4/c1-27-9-8-22-20(25)19-18(15-6-7-21-11-17(15)28-19)23-13-3-4-14-12(10-13)2-5-16(14)24-26/h3-4,6-7,10-11,16,23H,2,5,8-9H2,1H3,(H,22,25). The molecule has 2 aromatic heterocycles. The molecule has 1 aromatic carbocycles. The Morgan fingerprint density at radius 1 is 1.39 bits per heavy atom. The SMILES string of the molecule is COCCNC(=O)c1oc2cnccc2c1Nc1ccc2c(c1)CCC2N=O. The number of nitrogens with zero attached hydrogens (tertiary/aromatic N) is 2. The van der Waals surface area contributed by atoms with Gasteiger partial charge < -0.3 is 19.8 Å². The first-order valence-corrected chi connectivity index (χ1v) is 9.07. The molecule has 3 aromatic rings. The number of aromatic nitrogens is 1. The molecule has 1 aliphatic carbocycles. The van der Waals surface area contributed by atoms with Crippen molar-refractivity contribution in [3.8, 4) is 0 Å². The first-order valence-electron chi connectivity index (χ1n) is 9.07. The van der Waals surface area contributed by atoms with Crippen LogP contribution in [0.2, 0.25) is 0 Å². The van der Waals surface area contributed by atoms with Crippen LogP contribution in [0.5, 0.6) is 0 Å². The zero-order chi connectivity index (χ0) is 19.5.